The average molecular weight is 262 g/mol. The lowest BCUT2D eigenvalue weighted by atomic mass is 10.0. The van der Waals surface area contributed by atoms with Gasteiger partial charge in [0.2, 0.25) is 5.91 Å². The molecule has 0 aliphatic carbocycles. The molecule has 1 amide bonds. The molecule has 1 heterocycles. The zero-order chi connectivity index (χ0) is 14.0. The van der Waals surface area contributed by atoms with Crippen LogP contribution in [0.4, 0.5) is 5.69 Å². The van der Waals surface area contributed by atoms with Crippen molar-refractivity contribution in [3.05, 3.63) is 22.8 Å². The minimum Gasteiger partial charge on any atom is -0.496 e. The van der Waals surface area contributed by atoms with Crippen LogP contribution in [-0.2, 0) is 4.79 Å². The highest BCUT2D eigenvalue weighted by molar-refractivity contribution is 5.96. The summed E-state index contributed by atoms with van der Waals surface area (Å²) in [6.07, 6.45) is 1.98. The van der Waals surface area contributed by atoms with E-state index in [9.17, 15) is 4.79 Å². The highest BCUT2D eigenvalue weighted by atomic mass is 16.5. The Balaban J connectivity index is 2.23. The van der Waals surface area contributed by atoms with Crippen LogP contribution in [0.25, 0.3) is 0 Å². The van der Waals surface area contributed by atoms with Crippen molar-refractivity contribution < 1.29 is 9.53 Å². The van der Waals surface area contributed by atoms with E-state index in [1.165, 1.54) is 0 Å². The van der Waals surface area contributed by atoms with Crippen LogP contribution in [0.3, 0.4) is 0 Å². The van der Waals surface area contributed by atoms with Crippen LogP contribution in [0.2, 0.25) is 0 Å². The van der Waals surface area contributed by atoms with Crippen LogP contribution in [0, 0.1) is 20.8 Å². The summed E-state index contributed by atoms with van der Waals surface area (Å²) in [4.78, 5) is 12.1. The monoisotopic (exact) mass is 262 g/mol. The second-order valence-corrected chi connectivity index (χ2v) is 5.16. The van der Waals surface area contributed by atoms with Gasteiger partial charge in [-0.2, -0.15) is 0 Å². The van der Waals surface area contributed by atoms with E-state index in [1.807, 2.05) is 26.8 Å². The van der Waals surface area contributed by atoms with Crippen LogP contribution < -0.4 is 15.4 Å². The average Bonchev–Trinajstić information content (AvgIpc) is 2.90. The molecule has 0 saturated carbocycles. The van der Waals surface area contributed by atoms with Gasteiger partial charge in [0.25, 0.3) is 0 Å². The van der Waals surface area contributed by atoms with E-state index in [2.05, 4.69) is 10.6 Å². The minimum absolute atomic E-state index is 0.0536. The van der Waals surface area contributed by atoms with Crippen molar-refractivity contribution in [2.75, 3.05) is 19.0 Å². The molecule has 1 saturated heterocycles. The second kappa shape index (κ2) is 5.61. The van der Waals surface area contributed by atoms with Gasteiger partial charge in [-0.3, -0.25) is 4.79 Å². The molecule has 1 aromatic rings. The fourth-order valence-electron chi connectivity index (χ4n) is 2.63. The highest BCUT2D eigenvalue weighted by Crippen LogP contribution is 2.31. The largest absolute Gasteiger partial charge is 0.496 e. The number of anilines is 1. The maximum absolute atomic E-state index is 12.1. The molecular formula is C15H22N2O2. The van der Waals surface area contributed by atoms with Crippen LogP contribution in [0.5, 0.6) is 5.75 Å². The Kier molecular flexibility index (Phi) is 4.10. The molecule has 4 nitrogen and oxygen atoms in total. The summed E-state index contributed by atoms with van der Waals surface area (Å²) in [5.74, 6) is 0.957. The maximum Gasteiger partial charge on any atom is 0.241 e. The summed E-state index contributed by atoms with van der Waals surface area (Å²) >= 11 is 0. The van der Waals surface area contributed by atoms with Gasteiger partial charge in [0.05, 0.1) is 13.2 Å². The fraction of sp³-hybridized carbons (Fsp3) is 0.533. The number of hydrogen-bond donors (Lipinski definition) is 2. The molecule has 0 radical (unpaired) electrons. The first kappa shape index (κ1) is 13.9. The first-order valence-electron chi connectivity index (χ1n) is 6.73. The summed E-state index contributed by atoms with van der Waals surface area (Å²) in [6.45, 7) is 6.95. The Morgan fingerprint density at radius 3 is 2.68 bits per heavy atom. The smallest absolute Gasteiger partial charge is 0.241 e. The van der Waals surface area contributed by atoms with Crippen molar-refractivity contribution >= 4 is 11.6 Å². The van der Waals surface area contributed by atoms with Gasteiger partial charge in [-0.25, -0.2) is 0 Å². The molecule has 2 rings (SSSR count). The van der Waals surface area contributed by atoms with Gasteiger partial charge in [-0.1, -0.05) is 0 Å². The van der Waals surface area contributed by atoms with Gasteiger partial charge in [-0.05, 0) is 62.9 Å². The van der Waals surface area contributed by atoms with Gasteiger partial charge >= 0.3 is 0 Å². The van der Waals surface area contributed by atoms with E-state index >= 15 is 0 Å². The second-order valence-electron chi connectivity index (χ2n) is 5.16. The van der Waals surface area contributed by atoms with Crippen molar-refractivity contribution in [2.45, 2.75) is 39.7 Å². The van der Waals surface area contributed by atoms with E-state index in [4.69, 9.17) is 4.74 Å². The first-order chi connectivity index (χ1) is 9.04. The normalized spacial score (nSPS) is 18.4. The quantitative estimate of drug-likeness (QED) is 0.879. The molecule has 1 aliphatic rings. The predicted octanol–water partition coefficient (Wildman–Crippen LogP) is 2.31. The molecule has 1 unspecified atom stereocenters. The lowest BCUT2D eigenvalue weighted by Crippen LogP contribution is -2.35. The molecule has 0 spiro atoms. The van der Waals surface area contributed by atoms with Gasteiger partial charge in [0.15, 0.2) is 0 Å². The lowest BCUT2D eigenvalue weighted by Gasteiger charge is -2.18. The summed E-state index contributed by atoms with van der Waals surface area (Å²) in [6, 6.07) is 1.93. The molecule has 19 heavy (non-hydrogen) atoms. The number of methoxy groups -OCH3 is 1. The van der Waals surface area contributed by atoms with Gasteiger partial charge in [-0.15, -0.1) is 0 Å². The van der Waals surface area contributed by atoms with Crippen molar-refractivity contribution in [1.29, 1.82) is 0 Å². The van der Waals surface area contributed by atoms with E-state index in [-0.39, 0.29) is 11.9 Å². The zero-order valence-electron chi connectivity index (χ0n) is 12.1. The Morgan fingerprint density at radius 1 is 1.37 bits per heavy atom. The molecule has 4 heteroatoms. The first-order valence-corrected chi connectivity index (χ1v) is 6.73. The third-order valence-electron chi connectivity index (χ3n) is 3.86. The maximum atomic E-state index is 12.1. The summed E-state index contributed by atoms with van der Waals surface area (Å²) < 4.78 is 5.39. The lowest BCUT2D eigenvalue weighted by molar-refractivity contribution is -0.117. The molecule has 1 aliphatic heterocycles. The van der Waals surface area contributed by atoms with Crippen LogP contribution >= 0.6 is 0 Å². The molecule has 1 fully saturated rings. The topological polar surface area (TPSA) is 50.4 Å². The van der Waals surface area contributed by atoms with Gasteiger partial charge < -0.3 is 15.4 Å². The van der Waals surface area contributed by atoms with Crippen molar-refractivity contribution in [1.82, 2.24) is 5.32 Å². The number of rotatable bonds is 3. The number of hydrogen-bond acceptors (Lipinski definition) is 3. The number of ether oxygens (including phenoxy) is 1. The highest BCUT2D eigenvalue weighted by Gasteiger charge is 2.23. The number of amides is 1. The van der Waals surface area contributed by atoms with Crippen molar-refractivity contribution in [2.24, 2.45) is 0 Å². The molecule has 1 aromatic carbocycles. The Morgan fingerprint density at radius 2 is 2.11 bits per heavy atom. The van der Waals surface area contributed by atoms with Crippen molar-refractivity contribution in [3.8, 4) is 5.75 Å². The van der Waals surface area contributed by atoms with Gasteiger partial charge in [0.1, 0.15) is 5.75 Å². The molecule has 1 atom stereocenters. The van der Waals surface area contributed by atoms with Crippen LogP contribution in [-0.4, -0.2) is 25.6 Å². The summed E-state index contributed by atoms with van der Waals surface area (Å²) in [5.41, 5.74) is 4.07. The Labute approximate surface area is 114 Å². The zero-order valence-corrected chi connectivity index (χ0v) is 12.1. The minimum atomic E-state index is -0.0536. The summed E-state index contributed by atoms with van der Waals surface area (Å²) in [5, 5.41) is 6.24. The molecular weight excluding hydrogens is 240 g/mol. The molecule has 0 bridgehead atoms. The van der Waals surface area contributed by atoms with E-state index in [1.54, 1.807) is 7.11 Å². The Hall–Kier alpha value is -1.55. The molecule has 104 valence electrons. The number of benzene rings is 1. The molecule has 0 aromatic heterocycles. The number of carbonyl (C=O) groups excluding carboxylic acids is 1. The standard InChI is InChI=1S/C15H22N2O2/c1-9-8-13(10(2)11(3)14(9)19-4)17-15(18)12-6-5-7-16-12/h8,12,16H,5-7H2,1-4H3,(H,17,18). The van der Waals surface area contributed by atoms with Crippen LogP contribution in [0.15, 0.2) is 6.07 Å². The predicted molar refractivity (Wildman–Crippen MR) is 76.9 cm³/mol. The van der Waals surface area contributed by atoms with Crippen LogP contribution in [0.1, 0.15) is 29.5 Å². The number of carbonyl (C=O) groups is 1. The SMILES string of the molecule is COc1c(C)cc(NC(=O)C2CCCN2)c(C)c1C. The number of nitrogens with one attached hydrogen (secondary N) is 2. The third-order valence-corrected chi connectivity index (χ3v) is 3.86. The molecule has 2 N–H and O–H groups in total. The van der Waals surface area contributed by atoms with E-state index in [0.29, 0.717) is 0 Å². The van der Waals surface area contributed by atoms with E-state index in [0.717, 1.165) is 47.5 Å². The fourth-order valence-corrected chi connectivity index (χ4v) is 2.63. The van der Waals surface area contributed by atoms with Gasteiger partial charge in [0, 0.05) is 5.69 Å². The van der Waals surface area contributed by atoms with E-state index < -0.39 is 0 Å². The number of aryl methyl sites for hydroxylation is 1. The summed E-state index contributed by atoms with van der Waals surface area (Å²) in [7, 11) is 1.68. The van der Waals surface area contributed by atoms with Crippen molar-refractivity contribution in [3.63, 3.8) is 0 Å². The third kappa shape index (κ3) is 2.73. The Bertz CT molecular complexity index is 491.